The summed E-state index contributed by atoms with van der Waals surface area (Å²) in [6, 6.07) is 7.44. The lowest BCUT2D eigenvalue weighted by atomic mass is 10.0. The van der Waals surface area contributed by atoms with E-state index in [0.29, 0.717) is 18.1 Å². The highest BCUT2D eigenvalue weighted by molar-refractivity contribution is 6.30. The molecule has 0 heterocycles. The first-order valence-electron chi connectivity index (χ1n) is 6.24. The van der Waals surface area contributed by atoms with Crippen LogP contribution in [0.4, 0.5) is 0 Å². The van der Waals surface area contributed by atoms with Crippen molar-refractivity contribution in [2.75, 3.05) is 6.54 Å². The predicted molar refractivity (Wildman–Crippen MR) is 82.6 cm³/mol. The molecule has 0 saturated heterocycles. The number of nitrogens with zero attached hydrogens (tertiary/aromatic N) is 1. The van der Waals surface area contributed by atoms with E-state index < -0.39 is 0 Å². The third-order valence-corrected chi connectivity index (χ3v) is 3.37. The maximum Gasteiger partial charge on any atom is 0.227 e. The monoisotopic (exact) mass is 304 g/mol. The van der Waals surface area contributed by atoms with Gasteiger partial charge in [-0.15, -0.1) is 12.4 Å². The minimum absolute atomic E-state index is 0. The molecule has 2 N–H and O–H groups in total. The number of hydrogen-bond donors (Lipinski definition) is 1. The van der Waals surface area contributed by atoms with E-state index in [4.69, 9.17) is 17.3 Å². The van der Waals surface area contributed by atoms with E-state index in [-0.39, 0.29) is 30.3 Å². The largest absolute Gasteiger partial charge is 0.338 e. The Labute approximate surface area is 126 Å². The molecule has 0 bridgehead atoms. The zero-order valence-corrected chi connectivity index (χ0v) is 13.2. The molecule has 1 aromatic carbocycles. The fraction of sp³-hybridized carbons (Fsp3) is 0.500. The van der Waals surface area contributed by atoms with Gasteiger partial charge in [0.25, 0.3) is 0 Å². The molecule has 108 valence electrons. The van der Waals surface area contributed by atoms with E-state index in [2.05, 4.69) is 0 Å². The minimum Gasteiger partial charge on any atom is -0.338 e. The topological polar surface area (TPSA) is 46.3 Å². The van der Waals surface area contributed by atoms with Crippen molar-refractivity contribution in [2.45, 2.75) is 33.4 Å². The van der Waals surface area contributed by atoms with Gasteiger partial charge in [-0.05, 0) is 31.5 Å². The lowest BCUT2D eigenvalue weighted by molar-refractivity contribution is -0.135. The molecular weight excluding hydrogens is 283 g/mol. The molecule has 2 unspecified atom stereocenters. The number of halogens is 2. The average Bonchev–Trinajstić information content (AvgIpc) is 2.34. The van der Waals surface area contributed by atoms with Crippen LogP contribution in [0, 0.1) is 5.92 Å². The maximum absolute atomic E-state index is 12.2. The highest BCUT2D eigenvalue weighted by Crippen LogP contribution is 2.14. The molecule has 0 aliphatic carbocycles. The number of amides is 1. The van der Waals surface area contributed by atoms with E-state index >= 15 is 0 Å². The first kappa shape index (κ1) is 18.2. The van der Waals surface area contributed by atoms with Crippen molar-refractivity contribution in [3.63, 3.8) is 0 Å². The summed E-state index contributed by atoms with van der Waals surface area (Å²) in [6.07, 6.45) is 0. The summed E-state index contributed by atoms with van der Waals surface area (Å²) >= 11 is 5.94. The maximum atomic E-state index is 12.2. The van der Waals surface area contributed by atoms with Crippen molar-refractivity contribution in [1.29, 1.82) is 0 Å². The van der Waals surface area contributed by atoms with Crippen LogP contribution in [-0.4, -0.2) is 23.4 Å². The fourth-order valence-corrected chi connectivity index (χ4v) is 1.93. The van der Waals surface area contributed by atoms with Gasteiger partial charge in [0.2, 0.25) is 5.91 Å². The second-order valence-corrected chi connectivity index (χ2v) is 5.07. The smallest absolute Gasteiger partial charge is 0.227 e. The summed E-state index contributed by atoms with van der Waals surface area (Å²) in [5.74, 6) is -0.0726. The van der Waals surface area contributed by atoms with Crippen molar-refractivity contribution < 1.29 is 4.79 Å². The zero-order chi connectivity index (χ0) is 13.7. The molecular formula is C14H22Cl2N2O. The van der Waals surface area contributed by atoms with Gasteiger partial charge in [0, 0.05) is 24.2 Å². The predicted octanol–water partition coefficient (Wildman–Crippen LogP) is 3.09. The van der Waals surface area contributed by atoms with Gasteiger partial charge in [-0.2, -0.15) is 0 Å². The van der Waals surface area contributed by atoms with Crippen LogP contribution in [0.5, 0.6) is 0 Å². The third kappa shape index (κ3) is 5.39. The van der Waals surface area contributed by atoms with Crippen molar-refractivity contribution in [3.8, 4) is 0 Å². The van der Waals surface area contributed by atoms with Crippen LogP contribution < -0.4 is 5.73 Å². The summed E-state index contributed by atoms with van der Waals surface area (Å²) in [6.45, 7) is 6.94. The summed E-state index contributed by atoms with van der Waals surface area (Å²) in [4.78, 5) is 14.0. The number of nitrogens with two attached hydrogens (primary N) is 1. The third-order valence-electron chi connectivity index (χ3n) is 3.13. The van der Waals surface area contributed by atoms with Gasteiger partial charge in [0.1, 0.15) is 0 Å². The Bertz CT molecular complexity index is 410. The van der Waals surface area contributed by atoms with Crippen LogP contribution >= 0.6 is 24.0 Å². The molecule has 1 aromatic rings. The summed E-state index contributed by atoms with van der Waals surface area (Å²) in [5.41, 5.74) is 6.81. The van der Waals surface area contributed by atoms with Crippen LogP contribution in [-0.2, 0) is 11.3 Å². The number of hydrogen-bond acceptors (Lipinski definition) is 2. The van der Waals surface area contributed by atoms with Crippen molar-refractivity contribution in [2.24, 2.45) is 11.7 Å². The lowest BCUT2D eigenvalue weighted by Crippen LogP contribution is -2.41. The van der Waals surface area contributed by atoms with E-state index in [1.165, 1.54) is 0 Å². The zero-order valence-electron chi connectivity index (χ0n) is 11.6. The van der Waals surface area contributed by atoms with Crippen LogP contribution in [0.25, 0.3) is 0 Å². The number of carbonyl (C=O) groups excluding carboxylic acids is 1. The van der Waals surface area contributed by atoms with Crippen molar-refractivity contribution in [1.82, 2.24) is 4.90 Å². The molecule has 0 aromatic heterocycles. The second-order valence-electron chi connectivity index (χ2n) is 4.63. The molecule has 1 amide bonds. The SMILES string of the molecule is CCN(Cc1cccc(Cl)c1)C(=O)C(C)C(C)N.Cl. The second kappa shape index (κ2) is 8.41. The van der Waals surface area contributed by atoms with Gasteiger partial charge in [-0.25, -0.2) is 0 Å². The Balaban J connectivity index is 0.00000324. The normalized spacial score (nSPS) is 13.3. The van der Waals surface area contributed by atoms with Crippen LogP contribution in [0.3, 0.4) is 0 Å². The number of benzene rings is 1. The van der Waals surface area contributed by atoms with Crippen LogP contribution in [0.1, 0.15) is 26.3 Å². The summed E-state index contributed by atoms with van der Waals surface area (Å²) in [5, 5.41) is 0.691. The first-order chi connectivity index (χ1) is 8.45. The Morgan fingerprint density at radius 3 is 2.53 bits per heavy atom. The van der Waals surface area contributed by atoms with E-state index in [9.17, 15) is 4.79 Å². The Morgan fingerprint density at radius 1 is 1.42 bits per heavy atom. The number of carbonyl (C=O) groups is 1. The molecule has 0 fully saturated rings. The van der Waals surface area contributed by atoms with E-state index in [1.807, 2.05) is 45.0 Å². The van der Waals surface area contributed by atoms with Gasteiger partial charge in [0.05, 0.1) is 5.92 Å². The number of rotatable bonds is 5. The highest BCUT2D eigenvalue weighted by Gasteiger charge is 2.22. The summed E-state index contributed by atoms with van der Waals surface area (Å²) in [7, 11) is 0. The van der Waals surface area contributed by atoms with E-state index in [1.54, 1.807) is 4.90 Å². The molecule has 0 saturated carbocycles. The van der Waals surface area contributed by atoms with Gasteiger partial charge in [0.15, 0.2) is 0 Å². The molecule has 0 spiro atoms. The van der Waals surface area contributed by atoms with Gasteiger partial charge in [-0.1, -0.05) is 30.7 Å². The van der Waals surface area contributed by atoms with Crippen molar-refractivity contribution >= 4 is 29.9 Å². The van der Waals surface area contributed by atoms with Crippen molar-refractivity contribution in [3.05, 3.63) is 34.9 Å². The highest BCUT2D eigenvalue weighted by atomic mass is 35.5. The van der Waals surface area contributed by atoms with Gasteiger partial charge in [-0.3, -0.25) is 4.79 Å². The molecule has 0 aliphatic rings. The summed E-state index contributed by atoms with van der Waals surface area (Å²) < 4.78 is 0. The Kier molecular flexibility index (Phi) is 8.07. The van der Waals surface area contributed by atoms with Crippen LogP contribution in [0.15, 0.2) is 24.3 Å². The molecule has 1 rings (SSSR count). The molecule has 5 heteroatoms. The first-order valence-corrected chi connectivity index (χ1v) is 6.62. The standard InChI is InChI=1S/C14H21ClN2O.ClH/c1-4-17(14(18)10(2)11(3)16)9-12-6-5-7-13(15)8-12;/h5-8,10-11H,4,9,16H2,1-3H3;1H. The van der Waals surface area contributed by atoms with E-state index in [0.717, 1.165) is 5.56 Å². The van der Waals surface area contributed by atoms with Crippen LogP contribution in [0.2, 0.25) is 5.02 Å². The lowest BCUT2D eigenvalue weighted by Gasteiger charge is -2.26. The quantitative estimate of drug-likeness (QED) is 0.908. The fourth-order valence-electron chi connectivity index (χ4n) is 1.71. The molecule has 0 radical (unpaired) electrons. The molecule has 2 atom stereocenters. The van der Waals surface area contributed by atoms with Gasteiger partial charge < -0.3 is 10.6 Å². The Morgan fingerprint density at radius 2 is 2.05 bits per heavy atom. The molecule has 19 heavy (non-hydrogen) atoms. The molecule has 0 aliphatic heterocycles. The minimum atomic E-state index is -0.163. The average molecular weight is 305 g/mol. The Hall–Kier alpha value is -0.770. The van der Waals surface area contributed by atoms with Gasteiger partial charge >= 0.3 is 0 Å². The molecule has 3 nitrogen and oxygen atoms in total.